The smallest absolute Gasteiger partial charge is 0.207 e. The third kappa shape index (κ3) is 2.36. The van der Waals surface area contributed by atoms with Gasteiger partial charge in [0.1, 0.15) is 6.10 Å². The molecule has 6 rings (SSSR count). The van der Waals surface area contributed by atoms with Gasteiger partial charge in [0.05, 0.1) is 6.61 Å². The summed E-state index contributed by atoms with van der Waals surface area (Å²) >= 11 is 5.99. The van der Waals surface area contributed by atoms with E-state index in [0.717, 1.165) is 16.9 Å². The Labute approximate surface area is 148 Å². The summed E-state index contributed by atoms with van der Waals surface area (Å²) in [6, 6.07) is 7.97. The molecule has 2 atom stereocenters. The van der Waals surface area contributed by atoms with E-state index < -0.39 is 5.79 Å². The Morgan fingerprint density at radius 2 is 1.62 bits per heavy atom. The molecule has 1 heterocycles. The van der Waals surface area contributed by atoms with Gasteiger partial charge in [0, 0.05) is 22.8 Å². The highest BCUT2D eigenvalue weighted by molar-refractivity contribution is 6.30. The molecule has 1 aromatic carbocycles. The largest absolute Gasteiger partial charge is 0.344 e. The molecule has 1 aromatic rings. The summed E-state index contributed by atoms with van der Waals surface area (Å²) < 4.78 is 6.45. The number of ether oxygens (including phenoxy) is 1. The number of benzene rings is 1. The van der Waals surface area contributed by atoms with Crippen LogP contribution in [-0.2, 0) is 14.5 Å². The number of halogens is 1. The van der Waals surface area contributed by atoms with Gasteiger partial charge in [-0.05, 0) is 61.6 Å². The average Bonchev–Trinajstić information content (AvgIpc) is 2.60. The molecule has 5 aliphatic rings. The minimum Gasteiger partial charge on any atom is -0.344 e. The molecular weight excluding hydrogens is 324 g/mol. The minimum absolute atomic E-state index is 0.0611. The van der Waals surface area contributed by atoms with Crippen molar-refractivity contribution >= 4 is 11.6 Å². The van der Waals surface area contributed by atoms with Crippen LogP contribution in [0, 0.1) is 23.7 Å². The van der Waals surface area contributed by atoms with Crippen molar-refractivity contribution in [2.24, 2.45) is 23.7 Å². The predicted octanol–water partition coefficient (Wildman–Crippen LogP) is 4.94. The standard InChI is InChI=1S/C20H25ClO3/c1-12(15-2-4-18(21)5-3-15)19-11-22-20(24-23-19)16-7-13-6-14(9-16)10-17(20)8-13/h2-5,12-14,16-17,19H,6-11H2,1H3/t12-,13?,14?,16?,17?,19+,20?/m0/s1. The molecule has 0 N–H and O–H groups in total. The van der Waals surface area contributed by atoms with Gasteiger partial charge < -0.3 is 4.74 Å². The van der Waals surface area contributed by atoms with E-state index in [1.165, 1.54) is 37.7 Å². The lowest BCUT2D eigenvalue weighted by Crippen LogP contribution is -2.63. The van der Waals surface area contributed by atoms with Crippen molar-refractivity contribution in [3.63, 3.8) is 0 Å². The van der Waals surface area contributed by atoms with Gasteiger partial charge in [-0.1, -0.05) is 30.7 Å². The van der Waals surface area contributed by atoms with E-state index in [2.05, 4.69) is 19.1 Å². The topological polar surface area (TPSA) is 27.7 Å². The lowest BCUT2D eigenvalue weighted by molar-refractivity contribution is -0.526. The zero-order valence-electron chi connectivity index (χ0n) is 14.1. The molecule has 3 nitrogen and oxygen atoms in total. The predicted molar refractivity (Wildman–Crippen MR) is 91.6 cm³/mol. The third-order valence-electron chi connectivity index (χ3n) is 7.00. The molecule has 5 fully saturated rings. The summed E-state index contributed by atoms with van der Waals surface area (Å²) in [6.07, 6.45) is 6.40. The molecule has 0 unspecified atom stereocenters. The quantitative estimate of drug-likeness (QED) is 0.708. The zero-order chi connectivity index (χ0) is 16.3. The van der Waals surface area contributed by atoms with Crippen molar-refractivity contribution in [2.45, 2.75) is 56.8 Å². The van der Waals surface area contributed by atoms with Gasteiger partial charge in [0.25, 0.3) is 0 Å². The van der Waals surface area contributed by atoms with E-state index >= 15 is 0 Å². The average molecular weight is 349 g/mol. The van der Waals surface area contributed by atoms with Gasteiger partial charge in [-0.3, -0.25) is 0 Å². The van der Waals surface area contributed by atoms with E-state index in [0.29, 0.717) is 18.4 Å². The lowest BCUT2D eigenvalue weighted by Gasteiger charge is -2.60. The van der Waals surface area contributed by atoms with Crippen molar-refractivity contribution in [3.05, 3.63) is 34.9 Å². The van der Waals surface area contributed by atoms with Gasteiger partial charge >= 0.3 is 0 Å². The molecule has 130 valence electrons. The Bertz CT molecular complexity index is 576. The van der Waals surface area contributed by atoms with Crippen LogP contribution in [0.5, 0.6) is 0 Å². The van der Waals surface area contributed by atoms with Crippen LogP contribution in [0.2, 0.25) is 5.02 Å². The van der Waals surface area contributed by atoms with Gasteiger partial charge in [-0.25, -0.2) is 9.78 Å². The van der Waals surface area contributed by atoms with E-state index in [4.69, 9.17) is 26.1 Å². The van der Waals surface area contributed by atoms with Crippen LogP contribution in [0.15, 0.2) is 24.3 Å². The summed E-state index contributed by atoms with van der Waals surface area (Å²) in [5.74, 6) is 2.62. The van der Waals surface area contributed by atoms with Gasteiger partial charge in [0.2, 0.25) is 5.79 Å². The highest BCUT2D eigenvalue weighted by Crippen LogP contribution is 2.60. The number of rotatable bonds is 2. The van der Waals surface area contributed by atoms with Gasteiger partial charge in [-0.15, -0.1) is 0 Å². The van der Waals surface area contributed by atoms with E-state index in [-0.39, 0.29) is 12.0 Å². The summed E-state index contributed by atoms with van der Waals surface area (Å²) in [7, 11) is 0. The molecule has 4 saturated carbocycles. The Kier molecular flexibility index (Phi) is 3.71. The van der Waals surface area contributed by atoms with Crippen molar-refractivity contribution in [3.8, 4) is 0 Å². The number of hydrogen-bond acceptors (Lipinski definition) is 3. The van der Waals surface area contributed by atoms with E-state index in [1.807, 2.05) is 12.1 Å². The number of hydrogen-bond donors (Lipinski definition) is 0. The Morgan fingerprint density at radius 3 is 2.17 bits per heavy atom. The van der Waals surface area contributed by atoms with Crippen LogP contribution in [0.1, 0.15) is 50.5 Å². The van der Waals surface area contributed by atoms with Crippen LogP contribution in [0.25, 0.3) is 0 Å². The van der Waals surface area contributed by atoms with Crippen molar-refractivity contribution in [2.75, 3.05) is 6.61 Å². The third-order valence-corrected chi connectivity index (χ3v) is 7.26. The first-order valence-corrected chi connectivity index (χ1v) is 9.76. The van der Waals surface area contributed by atoms with Crippen molar-refractivity contribution in [1.29, 1.82) is 0 Å². The maximum absolute atomic E-state index is 6.45. The lowest BCUT2D eigenvalue weighted by atomic mass is 9.53. The Balaban J connectivity index is 1.30. The van der Waals surface area contributed by atoms with Gasteiger partial charge in [0.15, 0.2) is 0 Å². The molecular formula is C20H25ClO3. The summed E-state index contributed by atoms with van der Waals surface area (Å²) in [4.78, 5) is 12.0. The van der Waals surface area contributed by atoms with Crippen molar-refractivity contribution in [1.82, 2.24) is 0 Å². The molecule has 4 aliphatic carbocycles. The molecule has 4 bridgehead atoms. The fourth-order valence-electron chi connectivity index (χ4n) is 5.82. The van der Waals surface area contributed by atoms with E-state index in [1.54, 1.807) is 0 Å². The molecule has 4 heteroatoms. The molecule has 0 aromatic heterocycles. The summed E-state index contributed by atoms with van der Waals surface area (Å²) in [6.45, 7) is 2.78. The van der Waals surface area contributed by atoms with Crippen molar-refractivity contribution < 1.29 is 14.5 Å². The highest BCUT2D eigenvalue weighted by Gasteiger charge is 2.61. The molecule has 1 spiro atoms. The molecule has 0 radical (unpaired) electrons. The Hall–Kier alpha value is -0.610. The molecule has 1 aliphatic heterocycles. The SMILES string of the molecule is C[C@@H](c1ccc(Cl)cc1)[C@H]1COC2(OO1)C1CC3CC(C1)CC2C3. The summed E-state index contributed by atoms with van der Waals surface area (Å²) in [5.41, 5.74) is 1.21. The van der Waals surface area contributed by atoms with Crippen LogP contribution >= 0.6 is 11.6 Å². The maximum atomic E-state index is 6.45. The fourth-order valence-corrected chi connectivity index (χ4v) is 5.95. The molecule has 0 amide bonds. The second kappa shape index (κ2) is 5.70. The minimum atomic E-state index is -0.455. The maximum Gasteiger partial charge on any atom is 0.207 e. The first-order chi connectivity index (χ1) is 11.6. The summed E-state index contributed by atoms with van der Waals surface area (Å²) in [5, 5.41) is 0.760. The molecule has 1 saturated heterocycles. The highest BCUT2D eigenvalue weighted by atomic mass is 35.5. The second-order valence-electron chi connectivity index (χ2n) is 8.40. The second-order valence-corrected chi connectivity index (χ2v) is 8.83. The first kappa shape index (κ1) is 15.6. The monoisotopic (exact) mass is 348 g/mol. The Morgan fingerprint density at radius 1 is 1.00 bits per heavy atom. The first-order valence-electron chi connectivity index (χ1n) is 9.38. The normalized spacial score (nSPS) is 44.8. The van der Waals surface area contributed by atoms with E-state index in [9.17, 15) is 0 Å². The van der Waals surface area contributed by atoms with Crippen LogP contribution in [0.3, 0.4) is 0 Å². The van der Waals surface area contributed by atoms with Crippen LogP contribution in [0.4, 0.5) is 0 Å². The van der Waals surface area contributed by atoms with Gasteiger partial charge in [-0.2, -0.15) is 0 Å². The molecule has 24 heavy (non-hydrogen) atoms. The van der Waals surface area contributed by atoms with Crippen LogP contribution < -0.4 is 0 Å². The zero-order valence-corrected chi connectivity index (χ0v) is 14.9. The van der Waals surface area contributed by atoms with Crippen LogP contribution in [-0.4, -0.2) is 18.5 Å². The fraction of sp³-hybridized carbons (Fsp3) is 0.700.